The maximum absolute atomic E-state index is 3.81. The lowest BCUT2D eigenvalue weighted by molar-refractivity contribution is 1.17. The summed E-state index contributed by atoms with van der Waals surface area (Å²) in [5, 5.41) is 0. The van der Waals surface area contributed by atoms with Crippen LogP contribution >= 0.6 is 43.2 Å². The van der Waals surface area contributed by atoms with E-state index in [0.717, 1.165) is 10.9 Å². The molecule has 1 atom stereocenters. The van der Waals surface area contributed by atoms with Gasteiger partial charge in [0.2, 0.25) is 0 Å². The van der Waals surface area contributed by atoms with Crippen molar-refractivity contribution in [2.75, 3.05) is 0 Å². The average Bonchev–Trinajstić information content (AvgIpc) is 2.76. The van der Waals surface area contributed by atoms with Crippen LogP contribution < -0.4 is 0 Å². The molecule has 1 aromatic heterocycles. The molecule has 2 aromatic rings. The first-order valence-electron chi connectivity index (χ1n) is 5.60. The van der Waals surface area contributed by atoms with Gasteiger partial charge < -0.3 is 0 Å². The predicted molar refractivity (Wildman–Crippen MR) is 83.3 cm³/mol. The van der Waals surface area contributed by atoms with E-state index in [4.69, 9.17) is 0 Å². The molecule has 1 aromatic carbocycles. The van der Waals surface area contributed by atoms with E-state index in [1.54, 1.807) is 0 Å². The Balaban J connectivity index is 2.33. The molecule has 0 saturated heterocycles. The van der Waals surface area contributed by atoms with Gasteiger partial charge in [-0.05, 0) is 48.7 Å². The first kappa shape index (κ1) is 13.3. The Kier molecular flexibility index (Phi) is 4.45. The number of halogens is 2. The molecule has 17 heavy (non-hydrogen) atoms. The lowest BCUT2D eigenvalue weighted by Crippen LogP contribution is -1.93. The van der Waals surface area contributed by atoms with Crippen molar-refractivity contribution in [1.82, 2.24) is 0 Å². The second-order valence-electron chi connectivity index (χ2n) is 4.02. The second kappa shape index (κ2) is 5.68. The van der Waals surface area contributed by atoms with Crippen LogP contribution in [-0.4, -0.2) is 0 Å². The Labute approximate surface area is 123 Å². The molecule has 0 nitrogen and oxygen atoms in total. The molecule has 1 unspecified atom stereocenters. The minimum atomic E-state index is 0.306. The van der Waals surface area contributed by atoms with Crippen LogP contribution in [0.1, 0.15) is 32.6 Å². The van der Waals surface area contributed by atoms with Gasteiger partial charge in [-0.2, -0.15) is 0 Å². The molecule has 0 radical (unpaired) electrons. The fourth-order valence-electron chi connectivity index (χ4n) is 1.80. The average molecular weight is 374 g/mol. The van der Waals surface area contributed by atoms with Crippen molar-refractivity contribution < 1.29 is 0 Å². The van der Waals surface area contributed by atoms with E-state index >= 15 is 0 Å². The molecule has 1 heterocycles. The maximum atomic E-state index is 3.81. The van der Waals surface area contributed by atoms with Crippen molar-refractivity contribution in [3.8, 4) is 0 Å². The van der Waals surface area contributed by atoms with Crippen molar-refractivity contribution in [2.24, 2.45) is 0 Å². The summed E-state index contributed by atoms with van der Waals surface area (Å²) in [5.74, 6) is 0. The summed E-state index contributed by atoms with van der Waals surface area (Å²) in [6, 6.07) is 10.9. The lowest BCUT2D eigenvalue weighted by Gasteiger charge is -2.11. The van der Waals surface area contributed by atoms with Crippen molar-refractivity contribution >= 4 is 43.2 Å². The van der Waals surface area contributed by atoms with Crippen LogP contribution in [0, 0.1) is 6.92 Å². The Morgan fingerprint density at radius 3 is 2.59 bits per heavy atom. The van der Waals surface area contributed by atoms with E-state index in [-0.39, 0.29) is 0 Å². The zero-order valence-electron chi connectivity index (χ0n) is 9.84. The summed E-state index contributed by atoms with van der Waals surface area (Å²) >= 11 is 9.20. The highest BCUT2D eigenvalue weighted by Gasteiger charge is 2.14. The van der Waals surface area contributed by atoms with Gasteiger partial charge in [-0.15, -0.1) is 11.3 Å². The number of benzene rings is 1. The van der Waals surface area contributed by atoms with E-state index in [0.29, 0.717) is 4.83 Å². The largest absolute Gasteiger partial charge is 0.144 e. The number of aryl methyl sites for hydroxylation is 2. The highest BCUT2D eigenvalue weighted by molar-refractivity contribution is 9.10. The topological polar surface area (TPSA) is 0 Å². The first-order valence-corrected chi connectivity index (χ1v) is 8.13. The SMILES string of the molecule is CCc1ccc(C(Br)c2ccc(Br)cc2C)s1. The van der Waals surface area contributed by atoms with E-state index in [1.165, 1.54) is 20.9 Å². The number of hydrogen-bond donors (Lipinski definition) is 0. The molecular weight excluding hydrogens is 360 g/mol. The summed E-state index contributed by atoms with van der Waals surface area (Å²) in [4.78, 5) is 3.13. The van der Waals surface area contributed by atoms with E-state index in [2.05, 4.69) is 76.0 Å². The van der Waals surface area contributed by atoms with Crippen LogP contribution in [0.2, 0.25) is 0 Å². The van der Waals surface area contributed by atoms with Gasteiger partial charge in [0.05, 0.1) is 4.83 Å². The molecule has 0 N–H and O–H groups in total. The van der Waals surface area contributed by atoms with Crippen molar-refractivity contribution in [1.29, 1.82) is 0 Å². The van der Waals surface area contributed by atoms with Crippen LogP contribution in [0.5, 0.6) is 0 Å². The van der Waals surface area contributed by atoms with Gasteiger partial charge >= 0.3 is 0 Å². The zero-order chi connectivity index (χ0) is 12.4. The molecule has 0 spiro atoms. The standard InChI is InChI=1S/C14H14Br2S/c1-3-11-5-7-13(17-11)14(16)12-6-4-10(15)8-9(12)2/h4-8,14H,3H2,1-2H3. The fourth-order valence-corrected chi connectivity index (χ4v) is 4.17. The van der Waals surface area contributed by atoms with Gasteiger partial charge in [0.15, 0.2) is 0 Å². The Hall–Kier alpha value is -0.120. The molecule has 0 saturated carbocycles. The predicted octanol–water partition coefficient (Wildman–Crippen LogP) is 5.87. The smallest absolute Gasteiger partial charge is 0.0740 e. The number of alkyl halides is 1. The lowest BCUT2D eigenvalue weighted by atomic mass is 10.1. The maximum Gasteiger partial charge on any atom is 0.0740 e. The number of rotatable bonds is 3. The monoisotopic (exact) mass is 372 g/mol. The minimum absolute atomic E-state index is 0.306. The molecule has 2 rings (SSSR count). The van der Waals surface area contributed by atoms with E-state index < -0.39 is 0 Å². The summed E-state index contributed by atoms with van der Waals surface area (Å²) in [5.41, 5.74) is 2.66. The van der Waals surface area contributed by atoms with Crippen LogP contribution in [0.4, 0.5) is 0 Å². The number of hydrogen-bond acceptors (Lipinski definition) is 1. The molecule has 0 amide bonds. The molecule has 0 aliphatic heterocycles. The van der Waals surface area contributed by atoms with Gasteiger partial charge in [-0.1, -0.05) is 44.8 Å². The molecular formula is C14H14Br2S. The Morgan fingerprint density at radius 2 is 2.00 bits per heavy atom. The summed E-state index contributed by atoms with van der Waals surface area (Å²) in [7, 11) is 0. The molecule has 90 valence electrons. The highest BCUT2D eigenvalue weighted by atomic mass is 79.9. The minimum Gasteiger partial charge on any atom is -0.144 e. The van der Waals surface area contributed by atoms with Gasteiger partial charge in [0, 0.05) is 14.2 Å². The molecule has 0 aliphatic carbocycles. The fraction of sp³-hybridized carbons (Fsp3) is 0.286. The summed E-state index contributed by atoms with van der Waals surface area (Å²) in [6.07, 6.45) is 1.11. The molecule has 0 aliphatic rings. The zero-order valence-corrected chi connectivity index (χ0v) is 13.8. The third-order valence-electron chi connectivity index (χ3n) is 2.79. The van der Waals surface area contributed by atoms with Crippen LogP contribution in [0.25, 0.3) is 0 Å². The quantitative estimate of drug-likeness (QED) is 0.590. The van der Waals surface area contributed by atoms with Crippen LogP contribution in [0.15, 0.2) is 34.8 Å². The van der Waals surface area contributed by atoms with Gasteiger partial charge in [0.25, 0.3) is 0 Å². The third-order valence-corrected chi connectivity index (χ3v) is 5.86. The van der Waals surface area contributed by atoms with E-state index in [9.17, 15) is 0 Å². The molecule has 3 heteroatoms. The first-order chi connectivity index (χ1) is 8.11. The Bertz CT molecular complexity index is 517. The second-order valence-corrected chi connectivity index (χ2v) is 7.05. The van der Waals surface area contributed by atoms with Crippen LogP contribution in [0.3, 0.4) is 0 Å². The summed E-state index contributed by atoms with van der Waals surface area (Å²) in [6.45, 7) is 4.35. The normalized spacial score (nSPS) is 12.7. The van der Waals surface area contributed by atoms with Gasteiger partial charge in [0.1, 0.15) is 0 Å². The van der Waals surface area contributed by atoms with Gasteiger partial charge in [-0.3, -0.25) is 0 Å². The van der Waals surface area contributed by atoms with Crippen LogP contribution in [-0.2, 0) is 6.42 Å². The third kappa shape index (κ3) is 3.01. The summed E-state index contributed by atoms with van der Waals surface area (Å²) < 4.78 is 1.14. The Morgan fingerprint density at radius 1 is 1.24 bits per heavy atom. The highest BCUT2D eigenvalue weighted by Crippen LogP contribution is 2.37. The van der Waals surface area contributed by atoms with Gasteiger partial charge in [-0.25, -0.2) is 0 Å². The van der Waals surface area contributed by atoms with Crippen molar-refractivity contribution in [2.45, 2.75) is 25.1 Å². The molecule has 0 bridgehead atoms. The van der Waals surface area contributed by atoms with Crippen molar-refractivity contribution in [3.63, 3.8) is 0 Å². The number of thiophene rings is 1. The van der Waals surface area contributed by atoms with E-state index in [1.807, 2.05) is 11.3 Å². The molecule has 0 fully saturated rings. The van der Waals surface area contributed by atoms with Crippen molar-refractivity contribution in [3.05, 3.63) is 55.7 Å².